The van der Waals surface area contributed by atoms with Crippen LogP contribution < -0.4 is 20.9 Å². The van der Waals surface area contributed by atoms with Crippen LogP contribution in [0.25, 0.3) is 44.7 Å². The summed E-state index contributed by atoms with van der Waals surface area (Å²) in [6.07, 6.45) is 8.73. The number of H-pyrrole nitrogens is 2. The zero-order chi connectivity index (χ0) is 40.9. The first-order valence-corrected chi connectivity index (χ1v) is 22.0. The lowest BCUT2D eigenvalue weighted by molar-refractivity contribution is 0.424. The molecule has 0 spiro atoms. The second-order valence-electron chi connectivity index (χ2n) is 13.8. The highest BCUT2D eigenvalue weighted by Gasteiger charge is 2.14. The zero-order valence-electron chi connectivity index (χ0n) is 31.7. The van der Waals surface area contributed by atoms with E-state index in [1.54, 1.807) is 24.3 Å². The predicted octanol–water partition coefficient (Wildman–Crippen LogP) is 5.36. The molecule has 4 heterocycles. The van der Waals surface area contributed by atoms with Crippen molar-refractivity contribution in [3.8, 4) is 22.9 Å². The van der Waals surface area contributed by atoms with E-state index in [1.807, 2.05) is 73.1 Å². The molecule has 8 N–H and O–H groups in total. The summed E-state index contributed by atoms with van der Waals surface area (Å²) in [6.45, 7) is 1.17. The van der Waals surface area contributed by atoms with E-state index >= 15 is 0 Å². The minimum Gasteiger partial charge on any atom is -0.361 e. The minimum atomic E-state index is -3.29. The molecule has 0 aliphatic rings. The fourth-order valence-corrected chi connectivity index (χ4v) is 7.54. The van der Waals surface area contributed by atoms with Gasteiger partial charge in [0, 0.05) is 69.5 Å². The van der Waals surface area contributed by atoms with Gasteiger partial charge in [-0.15, -0.1) is 0 Å². The van der Waals surface area contributed by atoms with E-state index in [0.29, 0.717) is 60.7 Å². The van der Waals surface area contributed by atoms with Crippen LogP contribution in [0.15, 0.2) is 106 Å². The molecule has 0 aliphatic carbocycles. The Morgan fingerprint density at radius 2 is 0.983 bits per heavy atom. The van der Waals surface area contributed by atoms with Gasteiger partial charge in [-0.3, -0.25) is 9.44 Å². The Bertz CT molecular complexity index is 2680. The number of nitrogens with zero attached hydrogens (tertiary/aromatic N) is 4. The molecule has 0 fully saturated rings. The van der Waals surface area contributed by atoms with Crippen LogP contribution in [0, 0.1) is 0 Å². The van der Waals surface area contributed by atoms with Gasteiger partial charge in [0.2, 0.25) is 20.0 Å². The number of anilines is 2. The van der Waals surface area contributed by atoms with Gasteiger partial charge in [0.05, 0.1) is 12.5 Å². The second-order valence-corrected chi connectivity index (χ2v) is 17.3. The summed E-state index contributed by atoms with van der Waals surface area (Å²) in [6, 6.07) is 26.0. The Kier molecular flexibility index (Phi) is 11.7. The third-order valence-electron chi connectivity index (χ3n) is 9.03. The van der Waals surface area contributed by atoms with E-state index < -0.39 is 20.0 Å². The lowest BCUT2D eigenvalue weighted by Crippen LogP contribution is -2.09. The van der Waals surface area contributed by atoms with Gasteiger partial charge >= 0.3 is 0 Å². The van der Waals surface area contributed by atoms with Crippen molar-refractivity contribution in [2.45, 2.75) is 25.7 Å². The number of nitrogens with one attached hydrogen (secondary N) is 4. The number of rotatable bonds is 14. The van der Waals surface area contributed by atoms with Crippen molar-refractivity contribution in [2.75, 3.05) is 35.0 Å². The van der Waals surface area contributed by atoms with Crippen molar-refractivity contribution in [1.29, 1.82) is 0 Å². The number of benzene rings is 4. The molecule has 4 aromatic carbocycles. The topological polar surface area (TPSA) is 254 Å². The monoisotopic (exact) mass is 822 g/mol. The summed E-state index contributed by atoms with van der Waals surface area (Å²) in [5.74, 6) is 2.02. The maximum atomic E-state index is 11.3. The lowest BCUT2D eigenvalue weighted by atomic mass is 10.1. The van der Waals surface area contributed by atoms with Crippen molar-refractivity contribution in [2.24, 2.45) is 11.5 Å². The first-order valence-electron chi connectivity index (χ1n) is 18.2. The number of hydrogen-bond acceptors (Lipinski definition) is 12. The summed E-state index contributed by atoms with van der Waals surface area (Å²) in [5.41, 5.74) is 20.4. The van der Waals surface area contributed by atoms with Gasteiger partial charge < -0.3 is 30.5 Å². The molecular weight excluding hydrogens is 781 g/mol. The largest absolute Gasteiger partial charge is 0.361 e. The van der Waals surface area contributed by atoms with Gasteiger partial charge in [-0.25, -0.2) is 16.8 Å². The Hall–Kier alpha value is -6.34. The van der Waals surface area contributed by atoms with Crippen LogP contribution >= 0.6 is 0 Å². The van der Waals surface area contributed by atoms with E-state index in [1.165, 1.54) is 0 Å². The fourth-order valence-electron chi connectivity index (χ4n) is 6.41. The summed E-state index contributed by atoms with van der Waals surface area (Å²) in [7, 11) is -6.59. The first kappa shape index (κ1) is 39.9. The molecule has 0 aliphatic heterocycles. The molecule has 0 bridgehead atoms. The van der Waals surface area contributed by atoms with Crippen LogP contribution in [0.3, 0.4) is 0 Å². The number of aromatic nitrogens is 6. The van der Waals surface area contributed by atoms with Crippen LogP contribution in [0.2, 0.25) is 0 Å². The Morgan fingerprint density at radius 1 is 0.586 bits per heavy atom. The standard InChI is InChI=1S/2C20H21N5O3S/c2*1-29(26,27)25-16-5-2-13(3-6-16)10-19-23-20(28-24-19)14-4-7-18-17(11-14)15(8-9-21)12-22-18/h2*2-7,11-12,22,25H,8-10,21H2,1H3. The van der Waals surface area contributed by atoms with Gasteiger partial charge in [0.1, 0.15) is 0 Å². The Morgan fingerprint density at radius 3 is 1.34 bits per heavy atom. The highest BCUT2D eigenvalue weighted by molar-refractivity contribution is 7.92. The quantitative estimate of drug-likeness (QED) is 0.0811. The maximum Gasteiger partial charge on any atom is 0.257 e. The highest BCUT2D eigenvalue weighted by atomic mass is 32.2. The van der Waals surface area contributed by atoms with E-state index in [0.717, 1.165) is 80.5 Å². The van der Waals surface area contributed by atoms with Gasteiger partial charge in [0.15, 0.2) is 11.6 Å². The molecule has 0 amide bonds. The molecule has 0 saturated carbocycles. The summed E-state index contributed by atoms with van der Waals surface area (Å²) < 4.78 is 60.9. The molecule has 0 radical (unpaired) electrons. The van der Waals surface area contributed by atoms with E-state index in [-0.39, 0.29) is 0 Å². The highest BCUT2D eigenvalue weighted by Crippen LogP contribution is 2.28. The van der Waals surface area contributed by atoms with Crippen molar-refractivity contribution >= 4 is 53.2 Å². The van der Waals surface area contributed by atoms with E-state index in [2.05, 4.69) is 39.7 Å². The van der Waals surface area contributed by atoms with Crippen LogP contribution in [0.5, 0.6) is 0 Å². The molecule has 300 valence electrons. The Labute approximate surface area is 334 Å². The summed E-state index contributed by atoms with van der Waals surface area (Å²) in [5, 5.41) is 10.3. The van der Waals surface area contributed by atoms with Crippen LogP contribution in [0.4, 0.5) is 11.4 Å². The number of aromatic amines is 2. The van der Waals surface area contributed by atoms with E-state index in [4.69, 9.17) is 20.5 Å². The number of fused-ring (bicyclic) bond motifs is 2. The SMILES string of the molecule is CS(=O)(=O)Nc1ccc(Cc2noc(-c3ccc4[nH]cc(CCN)c4c3)n2)cc1.CS(=O)(=O)Nc1ccc(Cc2noc(-c3ccc4[nH]cc(CCN)c4c3)n2)cc1. The van der Waals surface area contributed by atoms with Crippen molar-refractivity contribution in [3.63, 3.8) is 0 Å². The molecule has 8 aromatic rings. The smallest absolute Gasteiger partial charge is 0.257 e. The molecular formula is C40H42N10O6S2. The van der Waals surface area contributed by atoms with Gasteiger partial charge in [0.25, 0.3) is 11.8 Å². The number of sulfonamides is 2. The molecule has 0 atom stereocenters. The minimum absolute atomic E-state index is 0.456. The second kappa shape index (κ2) is 17.0. The lowest BCUT2D eigenvalue weighted by Gasteiger charge is -2.04. The average Bonchev–Trinajstić information content (AvgIpc) is 4.00. The van der Waals surface area contributed by atoms with Gasteiger partial charge in [-0.2, -0.15) is 9.97 Å². The normalized spacial score (nSPS) is 11.8. The van der Waals surface area contributed by atoms with Crippen molar-refractivity contribution in [1.82, 2.24) is 30.2 Å². The van der Waals surface area contributed by atoms with Crippen molar-refractivity contribution in [3.05, 3.63) is 131 Å². The van der Waals surface area contributed by atoms with Gasteiger partial charge in [-0.05, 0) is 109 Å². The molecule has 58 heavy (non-hydrogen) atoms. The van der Waals surface area contributed by atoms with E-state index in [9.17, 15) is 16.8 Å². The first-order chi connectivity index (χ1) is 27.8. The third-order valence-corrected chi connectivity index (χ3v) is 10.2. The zero-order valence-corrected chi connectivity index (χ0v) is 33.3. The predicted molar refractivity (Wildman–Crippen MR) is 224 cm³/mol. The molecule has 8 rings (SSSR count). The molecule has 0 saturated heterocycles. The maximum absolute atomic E-state index is 11.3. The molecule has 4 aromatic heterocycles. The Balaban J connectivity index is 0.000000177. The summed E-state index contributed by atoms with van der Waals surface area (Å²) >= 11 is 0. The van der Waals surface area contributed by atoms with Crippen molar-refractivity contribution < 1.29 is 25.9 Å². The third kappa shape index (κ3) is 10.1. The average molecular weight is 823 g/mol. The fraction of sp³-hybridized carbons (Fsp3) is 0.200. The number of hydrogen-bond donors (Lipinski definition) is 6. The molecule has 16 nitrogen and oxygen atoms in total. The van der Waals surface area contributed by atoms with Crippen LogP contribution in [-0.2, 0) is 45.7 Å². The summed E-state index contributed by atoms with van der Waals surface area (Å²) in [4.78, 5) is 15.5. The molecule has 0 unspecified atom stereocenters. The molecule has 18 heteroatoms. The number of nitrogens with two attached hydrogens (primary N) is 2. The van der Waals surface area contributed by atoms with Crippen LogP contribution in [0.1, 0.15) is 33.9 Å². The van der Waals surface area contributed by atoms with Crippen LogP contribution in [-0.4, -0.2) is 72.7 Å². The van der Waals surface area contributed by atoms with Gasteiger partial charge in [-0.1, -0.05) is 34.6 Å².